The topological polar surface area (TPSA) is 0 Å². The van der Waals surface area contributed by atoms with Crippen molar-refractivity contribution in [1.82, 2.24) is 0 Å². The van der Waals surface area contributed by atoms with Gasteiger partial charge in [0.2, 0.25) is 0 Å². The van der Waals surface area contributed by atoms with E-state index in [0.717, 1.165) is 52.5 Å². The largest absolute Gasteiger partial charge is 0.0965 e. The first kappa shape index (κ1) is 27.1. The SMILES string of the molecule is C[C@@H](C1CCCC1c1ccccc1P(c1ccccc1)c1ccccc1)P(C1CC2CCC1C2)C1CC2CCC1C2. The van der Waals surface area contributed by atoms with Gasteiger partial charge in [0.05, 0.1) is 0 Å². The van der Waals surface area contributed by atoms with Crippen LogP contribution in [-0.2, 0) is 0 Å². The predicted molar refractivity (Wildman–Crippen MR) is 180 cm³/mol. The molecular formula is C39H48P2. The summed E-state index contributed by atoms with van der Waals surface area (Å²) in [6.07, 6.45) is 16.9. The lowest BCUT2D eigenvalue weighted by Crippen LogP contribution is -2.34. The van der Waals surface area contributed by atoms with Crippen LogP contribution in [0.15, 0.2) is 84.9 Å². The van der Waals surface area contributed by atoms with Gasteiger partial charge in [-0.2, -0.15) is 0 Å². The Morgan fingerprint density at radius 2 is 1.15 bits per heavy atom. The van der Waals surface area contributed by atoms with Crippen LogP contribution in [-0.4, -0.2) is 17.0 Å². The third kappa shape index (κ3) is 4.98. The van der Waals surface area contributed by atoms with Crippen LogP contribution in [0, 0.1) is 29.6 Å². The standard InChI is InChI=1S/C39H48P2/c1-27(40(38-25-28-19-21-30(38)23-28)39-26-29-20-22-31(39)24-29)34-16-10-17-35(34)36-15-8-9-18-37(36)41(32-11-4-2-5-12-32)33-13-6-3-7-14-33/h2-9,11-15,18,27-31,34-35,38-39H,10,16-17,19-26H2,1H3/t27-,28?,29?,30?,31?,34?,35?,38?,39?,40?/m0/s1. The summed E-state index contributed by atoms with van der Waals surface area (Å²) in [6, 6.07) is 32.6. The summed E-state index contributed by atoms with van der Waals surface area (Å²) in [5.41, 5.74) is 4.84. The lowest BCUT2D eigenvalue weighted by Gasteiger charge is -2.45. The summed E-state index contributed by atoms with van der Waals surface area (Å²) in [6.45, 7) is 2.80. The third-order valence-electron chi connectivity index (χ3n) is 12.4. The molecule has 0 heterocycles. The second kappa shape index (κ2) is 11.5. The van der Waals surface area contributed by atoms with E-state index in [4.69, 9.17) is 0 Å². The molecule has 3 aromatic carbocycles. The van der Waals surface area contributed by atoms with E-state index < -0.39 is 7.92 Å². The molecule has 8 unspecified atom stereocenters. The first-order valence-electron chi connectivity index (χ1n) is 17.0. The van der Waals surface area contributed by atoms with Crippen molar-refractivity contribution >= 4 is 31.8 Å². The summed E-state index contributed by atoms with van der Waals surface area (Å²) < 4.78 is 0. The van der Waals surface area contributed by atoms with Gasteiger partial charge in [-0.25, -0.2) is 0 Å². The maximum absolute atomic E-state index is 2.80. The van der Waals surface area contributed by atoms with Crippen molar-refractivity contribution < 1.29 is 0 Å². The van der Waals surface area contributed by atoms with E-state index in [1.54, 1.807) is 62.2 Å². The molecule has 5 aliphatic carbocycles. The van der Waals surface area contributed by atoms with E-state index in [-0.39, 0.29) is 7.92 Å². The molecule has 5 aliphatic rings. The van der Waals surface area contributed by atoms with Gasteiger partial charge < -0.3 is 0 Å². The van der Waals surface area contributed by atoms with Crippen molar-refractivity contribution in [2.45, 2.75) is 100 Å². The molecule has 0 nitrogen and oxygen atoms in total. The molecule has 3 aromatic rings. The van der Waals surface area contributed by atoms with E-state index in [2.05, 4.69) is 91.9 Å². The second-order valence-electron chi connectivity index (χ2n) is 14.4. The van der Waals surface area contributed by atoms with Crippen molar-refractivity contribution in [3.63, 3.8) is 0 Å². The van der Waals surface area contributed by atoms with Crippen LogP contribution >= 0.6 is 15.8 Å². The third-order valence-corrected chi connectivity index (χ3v) is 19.1. The van der Waals surface area contributed by atoms with Crippen LogP contribution in [0.1, 0.15) is 89.0 Å². The van der Waals surface area contributed by atoms with Crippen LogP contribution in [0.4, 0.5) is 0 Å². The smallest absolute Gasteiger partial charge is 0.0116 e. The zero-order chi connectivity index (χ0) is 27.3. The molecule has 0 spiro atoms. The van der Waals surface area contributed by atoms with E-state index in [1.165, 1.54) is 29.9 Å². The van der Waals surface area contributed by atoms with Gasteiger partial charge in [-0.15, -0.1) is 0 Å². The quantitative estimate of drug-likeness (QED) is 0.234. The minimum absolute atomic E-state index is 0.111. The number of hydrogen-bond acceptors (Lipinski definition) is 0. The first-order valence-corrected chi connectivity index (χ1v) is 19.9. The van der Waals surface area contributed by atoms with E-state index in [9.17, 15) is 0 Å². The van der Waals surface area contributed by atoms with Gasteiger partial charge >= 0.3 is 0 Å². The highest BCUT2D eigenvalue weighted by atomic mass is 31.1. The monoisotopic (exact) mass is 578 g/mol. The van der Waals surface area contributed by atoms with Crippen molar-refractivity contribution in [2.24, 2.45) is 29.6 Å². The van der Waals surface area contributed by atoms with Crippen LogP contribution in [0.2, 0.25) is 0 Å². The molecule has 0 aromatic heterocycles. The Balaban J connectivity index is 1.16. The van der Waals surface area contributed by atoms with Gasteiger partial charge in [-0.1, -0.05) is 119 Å². The fourth-order valence-corrected chi connectivity index (χ4v) is 18.4. The maximum Gasteiger partial charge on any atom is -0.0116 e. The lowest BCUT2D eigenvalue weighted by atomic mass is 9.87. The van der Waals surface area contributed by atoms with Gasteiger partial charge in [0.25, 0.3) is 0 Å². The van der Waals surface area contributed by atoms with Crippen LogP contribution in [0.5, 0.6) is 0 Å². The Bertz CT molecular complexity index is 1250. The number of hydrogen-bond donors (Lipinski definition) is 0. The van der Waals surface area contributed by atoms with Gasteiger partial charge in [0.15, 0.2) is 0 Å². The molecule has 5 saturated carbocycles. The molecule has 0 saturated heterocycles. The van der Waals surface area contributed by atoms with E-state index in [0.29, 0.717) is 0 Å². The lowest BCUT2D eigenvalue weighted by molar-refractivity contribution is 0.433. The molecule has 214 valence electrons. The Hall–Kier alpha value is -1.48. The molecule has 5 fully saturated rings. The minimum Gasteiger partial charge on any atom is -0.0965 e. The van der Waals surface area contributed by atoms with Gasteiger partial charge in [0, 0.05) is 0 Å². The van der Waals surface area contributed by atoms with E-state index >= 15 is 0 Å². The number of rotatable bonds is 8. The highest BCUT2D eigenvalue weighted by molar-refractivity contribution is 7.79. The Morgan fingerprint density at radius 1 is 0.585 bits per heavy atom. The van der Waals surface area contributed by atoms with Crippen molar-refractivity contribution in [3.8, 4) is 0 Å². The molecule has 9 atom stereocenters. The highest BCUT2D eigenvalue weighted by Crippen LogP contribution is 2.71. The molecule has 0 N–H and O–H groups in total. The highest BCUT2D eigenvalue weighted by Gasteiger charge is 2.53. The molecule has 2 heteroatoms. The zero-order valence-corrected chi connectivity index (χ0v) is 26.7. The van der Waals surface area contributed by atoms with Crippen molar-refractivity contribution in [2.75, 3.05) is 0 Å². The van der Waals surface area contributed by atoms with Crippen molar-refractivity contribution in [1.29, 1.82) is 0 Å². The van der Waals surface area contributed by atoms with Crippen LogP contribution in [0.3, 0.4) is 0 Å². The molecule has 0 amide bonds. The summed E-state index contributed by atoms with van der Waals surface area (Å²) in [7, 11) is -0.446. The molecular weight excluding hydrogens is 530 g/mol. The minimum atomic E-state index is -0.557. The van der Waals surface area contributed by atoms with Crippen LogP contribution in [0.25, 0.3) is 0 Å². The first-order chi connectivity index (χ1) is 20.2. The Labute approximate surface area is 251 Å². The second-order valence-corrected chi connectivity index (χ2v) is 19.7. The van der Waals surface area contributed by atoms with E-state index in [1.807, 2.05) is 0 Å². The predicted octanol–water partition coefficient (Wildman–Crippen LogP) is 9.58. The summed E-state index contributed by atoms with van der Waals surface area (Å²) in [4.78, 5) is 0. The maximum atomic E-state index is 2.80. The summed E-state index contributed by atoms with van der Waals surface area (Å²) in [5.74, 6) is 5.96. The van der Waals surface area contributed by atoms with Crippen LogP contribution < -0.4 is 15.9 Å². The van der Waals surface area contributed by atoms with Gasteiger partial charge in [-0.3, -0.25) is 0 Å². The van der Waals surface area contributed by atoms with Gasteiger partial charge in [0.1, 0.15) is 0 Å². The number of fused-ring (bicyclic) bond motifs is 4. The Morgan fingerprint density at radius 3 is 1.68 bits per heavy atom. The average Bonchev–Trinajstić information content (AvgIpc) is 3.86. The normalized spacial score (nSPS) is 35.4. The van der Waals surface area contributed by atoms with Crippen molar-refractivity contribution in [3.05, 3.63) is 90.5 Å². The Kier molecular flexibility index (Phi) is 7.63. The fraction of sp³-hybridized carbons (Fsp3) is 0.538. The molecule has 0 radical (unpaired) electrons. The zero-order valence-electron chi connectivity index (χ0n) is 25.0. The van der Waals surface area contributed by atoms with Gasteiger partial charge in [-0.05, 0) is 133 Å². The molecule has 8 rings (SSSR count). The summed E-state index contributed by atoms with van der Waals surface area (Å²) in [5, 5.41) is 4.62. The average molecular weight is 579 g/mol. The summed E-state index contributed by atoms with van der Waals surface area (Å²) >= 11 is 0. The molecule has 4 bridgehead atoms. The molecule has 0 aliphatic heterocycles. The molecule has 41 heavy (non-hydrogen) atoms. The number of benzene rings is 3. The fourth-order valence-electron chi connectivity index (χ4n) is 10.8.